The van der Waals surface area contributed by atoms with E-state index in [1.807, 2.05) is 32.1 Å². The molecule has 0 saturated heterocycles. The van der Waals surface area contributed by atoms with Crippen molar-refractivity contribution in [2.75, 3.05) is 20.3 Å². The summed E-state index contributed by atoms with van der Waals surface area (Å²) in [6.45, 7) is 4.81. The predicted octanol–water partition coefficient (Wildman–Crippen LogP) is 6.09. The molecule has 2 heterocycles. The monoisotopic (exact) mass is 482 g/mol. The van der Waals surface area contributed by atoms with Crippen molar-refractivity contribution in [1.29, 1.82) is 0 Å². The van der Waals surface area contributed by atoms with Gasteiger partial charge >= 0.3 is 0 Å². The van der Waals surface area contributed by atoms with Crippen LogP contribution in [0, 0.1) is 11.7 Å². The van der Waals surface area contributed by atoms with E-state index in [1.54, 1.807) is 13.1 Å². The third kappa shape index (κ3) is 6.95. The van der Waals surface area contributed by atoms with Gasteiger partial charge in [-0.15, -0.1) is 0 Å². The fraction of sp³-hybridized carbons (Fsp3) is 0.536. The van der Waals surface area contributed by atoms with E-state index in [0.717, 1.165) is 48.2 Å². The molecule has 0 bridgehead atoms. The number of aliphatic imine (C=N–C) groups is 1. The van der Waals surface area contributed by atoms with Crippen LogP contribution in [-0.2, 0) is 9.53 Å². The van der Waals surface area contributed by atoms with E-state index in [2.05, 4.69) is 15.0 Å². The van der Waals surface area contributed by atoms with E-state index in [0.29, 0.717) is 35.8 Å². The van der Waals surface area contributed by atoms with E-state index < -0.39 is 0 Å². The zero-order chi connectivity index (χ0) is 25.2. The Bertz CT molecular complexity index is 1080. The topological polar surface area (TPSA) is 93.4 Å². The highest BCUT2D eigenvalue weighted by Gasteiger charge is 2.24. The Morgan fingerprint density at radius 1 is 1.26 bits per heavy atom. The van der Waals surface area contributed by atoms with Crippen molar-refractivity contribution < 1.29 is 13.9 Å². The second-order valence-electron chi connectivity index (χ2n) is 9.30. The fourth-order valence-electron chi connectivity index (χ4n) is 4.80. The van der Waals surface area contributed by atoms with Crippen molar-refractivity contribution in [2.24, 2.45) is 16.6 Å². The highest BCUT2D eigenvalue weighted by atomic mass is 19.1. The minimum Gasteiger partial charge on any atom is -0.377 e. The van der Waals surface area contributed by atoms with Crippen molar-refractivity contribution in [3.63, 3.8) is 0 Å². The molecular weight excluding hydrogens is 443 g/mol. The molecule has 2 aromatic rings. The predicted molar refractivity (Wildman–Crippen MR) is 141 cm³/mol. The summed E-state index contributed by atoms with van der Waals surface area (Å²) in [4.78, 5) is 21.9. The van der Waals surface area contributed by atoms with E-state index in [9.17, 15) is 4.79 Å². The van der Waals surface area contributed by atoms with Crippen molar-refractivity contribution in [1.82, 2.24) is 9.97 Å². The van der Waals surface area contributed by atoms with Gasteiger partial charge in [0.2, 0.25) is 0 Å². The van der Waals surface area contributed by atoms with Crippen LogP contribution in [0.4, 0.5) is 4.39 Å². The summed E-state index contributed by atoms with van der Waals surface area (Å²) in [6, 6.07) is 3.62. The molecule has 35 heavy (non-hydrogen) atoms. The van der Waals surface area contributed by atoms with Crippen molar-refractivity contribution in [3.8, 4) is 0 Å². The third-order valence-electron chi connectivity index (χ3n) is 7.09. The average Bonchev–Trinajstić information content (AvgIpc) is 3.31. The van der Waals surface area contributed by atoms with Gasteiger partial charge in [-0.05, 0) is 56.7 Å². The first-order valence-electron chi connectivity index (χ1n) is 12.8. The van der Waals surface area contributed by atoms with Crippen LogP contribution in [0.15, 0.2) is 34.9 Å². The van der Waals surface area contributed by atoms with E-state index in [4.69, 9.17) is 10.5 Å². The maximum Gasteiger partial charge on any atom is 0.158 e. The Morgan fingerprint density at radius 2 is 1.97 bits per heavy atom. The van der Waals surface area contributed by atoms with Gasteiger partial charge in [-0.1, -0.05) is 44.3 Å². The van der Waals surface area contributed by atoms with Crippen LogP contribution in [0.2, 0.25) is 0 Å². The molecule has 4 rings (SSSR count). The number of fused-ring (bicyclic) bond motifs is 1. The number of carbonyl (C=O) groups excluding carboxylic acids is 1. The number of nitrogens with one attached hydrogen (secondary N) is 1. The number of ether oxygens (including phenoxy) is 1. The first kappa shape index (κ1) is 27.0. The summed E-state index contributed by atoms with van der Waals surface area (Å²) < 4.78 is 20.4. The van der Waals surface area contributed by atoms with Gasteiger partial charge in [0.05, 0.1) is 24.8 Å². The lowest BCUT2D eigenvalue weighted by atomic mass is 9.86. The molecule has 6 nitrogen and oxygen atoms in total. The molecule has 1 fully saturated rings. The highest BCUT2D eigenvalue weighted by molar-refractivity contribution is 6.13. The fourth-order valence-corrected chi connectivity index (χ4v) is 4.80. The van der Waals surface area contributed by atoms with E-state index in [-0.39, 0.29) is 11.9 Å². The Labute approximate surface area is 207 Å². The number of carbonyl (C=O) groups is 1. The van der Waals surface area contributed by atoms with Gasteiger partial charge in [0.1, 0.15) is 11.3 Å². The molecule has 1 aromatic heterocycles. The van der Waals surface area contributed by atoms with Crippen LogP contribution in [-0.4, -0.2) is 42.2 Å². The molecular formula is C28H39FN4O2. The number of allylic oxidation sites excluding steroid dienone is 2. The third-order valence-corrected chi connectivity index (χ3v) is 7.09. The minimum absolute atomic E-state index is 0.148. The lowest BCUT2D eigenvalue weighted by Crippen LogP contribution is -2.23. The van der Waals surface area contributed by atoms with Gasteiger partial charge < -0.3 is 15.5 Å². The number of aldehydes is 1. The van der Waals surface area contributed by atoms with Gasteiger partial charge in [0, 0.05) is 23.9 Å². The molecule has 1 saturated carbocycles. The Morgan fingerprint density at radius 3 is 2.54 bits per heavy atom. The van der Waals surface area contributed by atoms with Crippen LogP contribution in [0.3, 0.4) is 0 Å². The Balaban J connectivity index is 0.000000327. The van der Waals surface area contributed by atoms with Gasteiger partial charge in [-0.25, -0.2) is 9.37 Å². The van der Waals surface area contributed by atoms with Gasteiger partial charge in [-0.3, -0.25) is 9.79 Å². The number of imidazole rings is 1. The summed E-state index contributed by atoms with van der Waals surface area (Å²) in [5.41, 5.74) is 10.8. The molecule has 0 spiro atoms. The summed E-state index contributed by atoms with van der Waals surface area (Å²) in [5, 5.41) is 0. The second kappa shape index (κ2) is 13.4. The number of aromatic amines is 1. The standard InChI is InChI=1S/C21H28FN3O.C7H11NO/c22-18-16(14-10-12-26-13-11-14)8-9-17-20(18)25-21(24-17)19(23)15-6-4-2-1-3-5-7-15;1-4-7(5-9)6(2)8-3/h8-10,15,19H,1-7,11-13,23H2,(H,24,25);4-5H,1-3H3/b;7-4-,8-6?. The first-order valence-corrected chi connectivity index (χ1v) is 12.8. The number of rotatable bonds is 5. The zero-order valence-corrected chi connectivity index (χ0v) is 21.3. The average molecular weight is 483 g/mol. The number of nitrogens with zero attached hydrogens (tertiary/aromatic N) is 2. The van der Waals surface area contributed by atoms with Gasteiger partial charge in [0.25, 0.3) is 0 Å². The number of hydrogen-bond acceptors (Lipinski definition) is 5. The Kier molecular flexibility index (Phi) is 10.4. The largest absolute Gasteiger partial charge is 0.377 e. The summed E-state index contributed by atoms with van der Waals surface area (Å²) >= 11 is 0. The SMILES string of the molecule is C/C=C(/C=O)C(C)=NC.NC(c1nc2c(F)c(C3=CCOCC3)ccc2[nH]1)C1CCCCCCC1. The van der Waals surface area contributed by atoms with E-state index >= 15 is 4.39 Å². The molecule has 1 aliphatic heterocycles. The molecule has 1 aromatic carbocycles. The number of H-pyrrole nitrogens is 1. The molecule has 2 aliphatic rings. The lowest BCUT2D eigenvalue weighted by Gasteiger charge is -2.24. The van der Waals surface area contributed by atoms with Crippen LogP contribution in [0.5, 0.6) is 0 Å². The van der Waals surface area contributed by atoms with Crippen LogP contribution in [0.25, 0.3) is 16.6 Å². The zero-order valence-electron chi connectivity index (χ0n) is 21.3. The van der Waals surface area contributed by atoms with E-state index in [1.165, 1.54) is 32.1 Å². The van der Waals surface area contributed by atoms with Crippen molar-refractivity contribution in [3.05, 3.63) is 47.1 Å². The second-order valence-corrected chi connectivity index (χ2v) is 9.30. The van der Waals surface area contributed by atoms with Crippen LogP contribution >= 0.6 is 0 Å². The molecule has 1 aliphatic carbocycles. The molecule has 190 valence electrons. The molecule has 7 heteroatoms. The number of nitrogens with two attached hydrogens (primary N) is 1. The number of benzene rings is 1. The first-order chi connectivity index (χ1) is 17.0. The molecule has 1 atom stereocenters. The Hall–Kier alpha value is -2.64. The normalized spacial score (nSPS) is 19.3. The number of aromatic nitrogens is 2. The quantitative estimate of drug-likeness (QED) is 0.306. The maximum atomic E-state index is 15.1. The number of hydrogen-bond donors (Lipinski definition) is 2. The van der Waals surface area contributed by atoms with Gasteiger partial charge in [0.15, 0.2) is 12.1 Å². The molecule has 0 radical (unpaired) electrons. The summed E-state index contributed by atoms with van der Waals surface area (Å²) in [7, 11) is 1.67. The van der Waals surface area contributed by atoms with Crippen LogP contribution in [0.1, 0.15) is 82.6 Å². The van der Waals surface area contributed by atoms with Crippen molar-refractivity contribution in [2.45, 2.75) is 71.3 Å². The van der Waals surface area contributed by atoms with Crippen molar-refractivity contribution >= 4 is 28.6 Å². The smallest absolute Gasteiger partial charge is 0.158 e. The van der Waals surface area contributed by atoms with Crippen LogP contribution < -0.4 is 5.73 Å². The minimum atomic E-state index is -0.247. The number of halogens is 1. The molecule has 0 amide bonds. The lowest BCUT2D eigenvalue weighted by molar-refractivity contribution is -0.104. The summed E-state index contributed by atoms with van der Waals surface area (Å²) in [6.07, 6.45) is 13.9. The molecule has 1 unspecified atom stereocenters. The van der Waals surface area contributed by atoms with Gasteiger partial charge in [-0.2, -0.15) is 0 Å². The maximum absolute atomic E-state index is 15.1. The highest BCUT2D eigenvalue weighted by Crippen LogP contribution is 2.33. The molecule has 3 N–H and O–H groups in total. The summed E-state index contributed by atoms with van der Waals surface area (Å²) in [5.74, 6) is 0.905.